The molecule has 19 heavy (non-hydrogen) atoms. The summed E-state index contributed by atoms with van der Waals surface area (Å²) in [6, 6.07) is 3.47. The van der Waals surface area contributed by atoms with Crippen LogP contribution in [0.3, 0.4) is 0 Å². The van der Waals surface area contributed by atoms with Crippen LogP contribution in [0.2, 0.25) is 0 Å². The number of rotatable bonds is 5. The number of furan rings is 1. The number of aryl methyl sites for hydroxylation is 1. The molecule has 1 aromatic rings. The number of methoxy groups -OCH3 is 1. The molecule has 0 saturated heterocycles. The highest BCUT2D eigenvalue weighted by atomic mass is 16.6. The number of carbonyl (C=O) groups is 1. The van der Waals surface area contributed by atoms with Crippen molar-refractivity contribution in [3.8, 4) is 0 Å². The predicted octanol–water partition coefficient (Wildman–Crippen LogP) is 3.19. The van der Waals surface area contributed by atoms with Crippen molar-refractivity contribution in [1.29, 1.82) is 0 Å². The number of alkyl carbamates (subject to hydrolysis) is 1. The third kappa shape index (κ3) is 5.79. The van der Waals surface area contributed by atoms with Gasteiger partial charge in [-0.2, -0.15) is 0 Å². The van der Waals surface area contributed by atoms with Crippen LogP contribution in [0.15, 0.2) is 16.5 Å². The Labute approximate surface area is 114 Å². The smallest absolute Gasteiger partial charge is 0.408 e. The molecule has 5 heteroatoms. The number of hydrogen-bond acceptors (Lipinski definition) is 4. The number of amides is 1. The highest BCUT2D eigenvalue weighted by molar-refractivity contribution is 5.68. The fourth-order valence-corrected chi connectivity index (χ4v) is 1.61. The molecular formula is C14H23NO4. The second-order valence-electron chi connectivity index (χ2n) is 5.43. The van der Waals surface area contributed by atoms with Gasteiger partial charge in [0.2, 0.25) is 0 Å². The number of ether oxygens (including phenoxy) is 2. The molecule has 5 nitrogen and oxygen atoms in total. The Morgan fingerprint density at radius 1 is 1.42 bits per heavy atom. The summed E-state index contributed by atoms with van der Waals surface area (Å²) in [5.41, 5.74) is -0.519. The fourth-order valence-electron chi connectivity index (χ4n) is 1.61. The lowest BCUT2D eigenvalue weighted by atomic mass is 10.1. The van der Waals surface area contributed by atoms with E-state index in [1.54, 1.807) is 7.11 Å². The lowest BCUT2D eigenvalue weighted by molar-refractivity contribution is 0.0484. The van der Waals surface area contributed by atoms with E-state index in [2.05, 4.69) is 5.32 Å². The highest BCUT2D eigenvalue weighted by Crippen LogP contribution is 2.20. The fraction of sp³-hybridized carbons (Fsp3) is 0.643. The van der Waals surface area contributed by atoms with Gasteiger partial charge in [-0.1, -0.05) is 0 Å². The van der Waals surface area contributed by atoms with Crippen LogP contribution in [0.25, 0.3) is 0 Å². The maximum atomic E-state index is 11.8. The molecule has 1 heterocycles. The van der Waals surface area contributed by atoms with E-state index in [1.807, 2.05) is 39.8 Å². The molecule has 0 radical (unpaired) electrons. The molecule has 1 aromatic heterocycles. The van der Waals surface area contributed by atoms with E-state index in [9.17, 15) is 4.79 Å². The van der Waals surface area contributed by atoms with Gasteiger partial charge in [0.1, 0.15) is 17.1 Å². The minimum absolute atomic E-state index is 0.247. The normalized spacial score (nSPS) is 13.1. The first-order chi connectivity index (χ1) is 8.81. The van der Waals surface area contributed by atoms with Gasteiger partial charge >= 0.3 is 6.09 Å². The molecule has 0 aromatic carbocycles. The van der Waals surface area contributed by atoms with Crippen molar-refractivity contribution in [1.82, 2.24) is 5.32 Å². The van der Waals surface area contributed by atoms with Crippen molar-refractivity contribution in [2.45, 2.75) is 45.8 Å². The highest BCUT2D eigenvalue weighted by Gasteiger charge is 2.22. The van der Waals surface area contributed by atoms with Gasteiger partial charge in [0.05, 0.1) is 6.04 Å². The minimum atomic E-state index is -0.519. The first kappa shape index (κ1) is 15.6. The molecule has 1 unspecified atom stereocenters. The van der Waals surface area contributed by atoms with Gasteiger partial charge in [0.15, 0.2) is 0 Å². The summed E-state index contributed by atoms with van der Waals surface area (Å²) >= 11 is 0. The number of carbonyl (C=O) groups excluding carboxylic acids is 1. The summed E-state index contributed by atoms with van der Waals surface area (Å²) in [7, 11) is 1.62. The van der Waals surface area contributed by atoms with E-state index in [1.165, 1.54) is 0 Å². The van der Waals surface area contributed by atoms with Crippen molar-refractivity contribution >= 4 is 6.09 Å². The Morgan fingerprint density at radius 3 is 2.58 bits per heavy atom. The van der Waals surface area contributed by atoms with Crippen molar-refractivity contribution in [3.05, 3.63) is 23.7 Å². The van der Waals surface area contributed by atoms with Crippen LogP contribution in [0.5, 0.6) is 0 Å². The average molecular weight is 269 g/mol. The molecule has 0 bridgehead atoms. The Morgan fingerprint density at radius 2 is 2.11 bits per heavy atom. The second-order valence-corrected chi connectivity index (χ2v) is 5.43. The van der Waals surface area contributed by atoms with Gasteiger partial charge in [0.25, 0.3) is 0 Å². The third-order valence-corrected chi connectivity index (χ3v) is 2.41. The van der Waals surface area contributed by atoms with E-state index in [-0.39, 0.29) is 6.04 Å². The molecule has 0 aliphatic heterocycles. The lowest BCUT2D eigenvalue weighted by Gasteiger charge is -2.22. The van der Waals surface area contributed by atoms with E-state index >= 15 is 0 Å². The molecule has 0 fully saturated rings. The maximum absolute atomic E-state index is 11.8. The molecule has 1 atom stereocenters. The third-order valence-electron chi connectivity index (χ3n) is 2.41. The summed E-state index contributed by atoms with van der Waals surface area (Å²) in [6.07, 6.45) is 0.172. The first-order valence-electron chi connectivity index (χ1n) is 6.36. The summed E-state index contributed by atoms with van der Waals surface area (Å²) in [5, 5.41) is 2.80. The summed E-state index contributed by atoms with van der Waals surface area (Å²) in [5.74, 6) is 1.52. The first-order valence-corrected chi connectivity index (χ1v) is 6.36. The van der Waals surface area contributed by atoms with Gasteiger partial charge in [0, 0.05) is 13.7 Å². The number of hydrogen-bond donors (Lipinski definition) is 1. The van der Waals surface area contributed by atoms with Crippen LogP contribution in [0.1, 0.15) is 44.8 Å². The quantitative estimate of drug-likeness (QED) is 0.891. The lowest BCUT2D eigenvalue weighted by Crippen LogP contribution is -2.35. The molecule has 0 saturated carbocycles. The minimum Gasteiger partial charge on any atom is -0.464 e. The topological polar surface area (TPSA) is 60.7 Å². The molecule has 1 rings (SSSR count). The molecule has 0 aliphatic carbocycles. The average Bonchev–Trinajstić information content (AvgIpc) is 2.68. The molecule has 108 valence electrons. The van der Waals surface area contributed by atoms with Crippen LogP contribution in [-0.4, -0.2) is 25.4 Å². The zero-order valence-corrected chi connectivity index (χ0v) is 12.3. The summed E-state index contributed by atoms with van der Waals surface area (Å²) in [4.78, 5) is 11.8. The van der Waals surface area contributed by atoms with E-state index < -0.39 is 11.7 Å². The summed E-state index contributed by atoms with van der Waals surface area (Å²) < 4.78 is 15.8. The van der Waals surface area contributed by atoms with Crippen LogP contribution in [0.4, 0.5) is 4.79 Å². The van der Waals surface area contributed by atoms with E-state index in [0.717, 1.165) is 5.76 Å². The van der Waals surface area contributed by atoms with Crippen LogP contribution >= 0.6 is 0 Å². The van der Waals surface area contributed by atoms with Crippen molar-refractivity contribution in [3.63, 3.8) is 0 Å². The standard InChI is InChI=1S/C14H23NO4/c1-10-6-7-12(18-10)11(8-9-17-5)15-13(16)19-14(2,3)4/h6-7,11H,8-9H2,1-5H3,(H,15,16). The van der Waals surface area contributed by atoms with Crippen molar-refractivity contribution in [2.75, 3.05) is 13.7 Å². The second kappa shape index (κ2) is 6.61. The van der Waals surface area contributed by atoms with E-state index in [4.69, 9.17) is 13.9 Å². The Hall–Kier alpha value is -1.49. The molecule has 1 N–H and O–H groups in total. The molecule has 0 aliphatic rings. The molecule has 1 amide bonds. The van der Waals surface area contributed by atoms with Crippen LogP contribution in [0, 0.1) is 6.92 Å². The molecule has 0 spiro atoms. The number of nitrogens with one attached hydrogen (secondary N) is 1. The SMILES string of the molecule is COCCC(NC(=O)OC(C)(C)C)c1ccc(C)o1. The zero-order valence-electron chi connectivity index (χ0n) is 12.3. The Balaban J connectivity index is 2.67. The predicted molar refractivity (Wildman–Crippen MR) is 72.0 cm³/mol. The maximum Gasteiger partial charge on any atom is 0.408 e. The van der Waals surface area contributed by atoms with E-state index in [0.29, 0.717) is 18.8 Å². The molecular weight excluding hydrogens is 246 g/mol. The largest absolute Gasteiger partial charge is 0.464 e. The van der Waals surface area contributed by atoms with Crippen molar-refractivity contribution < 1.29 is 18.7 Å². The van der Waals surface area contributed by atoms with Crippen LogP contribution in [-0.2, 0) is 9.47 Å². The Bertz CT molecular complexity index is 406. The van der Waals surface area contributed by atoms with Gasteiger partial charge in [-0.3, -0.25) is 0 Å². The van der Waals surface area contributed by atoms with Gasteiger partial charge in [-0.15, -0.1) is 0 Å². The van der Waals surface area contributed by atoms with Gasteiger partial charge in [-0.05, 0) is 46.2 Å². The van der Waals surface area contributed by atoms with Crippen LogP contribution < -0.4 is 5.32 Å². The van der Waals surface area contributed by atoms with Gasteiger partial charge < -0.3 is 19.2 Å². The zero-order chi connectivity index (χ0) is 14.5. The van der Waals surface area contributed by atoms with Gasteiger partial charge in [-0.25, -0.2) is 4.79 Å². The van der Waals surface area contributed by atoms with Crippen molar-refractivity contribution in [2.24, 2.45) is 0 Å². The summed E-state index contributed by atoms with van der Waals surface area (Å²) in [6.45, 7) is 7.87. The Kier molecular flexibility index (Phi) is 5.42. The monoisotopic (exact) mass is 269 g/mol.